The molecule has 18 heavy (non-hydrogen) atoms. The van der Waals surface area contributed by atoms with Crippen molar-refractivity contribution in [3.8, 4) is 0 Å². The lowest BCUT2D eigenvalue weighted by Crippen LogP contribution is -2.28. The zero-order valence-corrected chi connectivity index (χ0v) is 11.2. The molecule has 2 aliphatic carbocycles. The molecular weight excluding hydrogens is 288 g/mol. The van der Waals surface area contributed by atoms with E-state index < -0.39 is 0 Å². The van der Waals surface area contributed by atoms with Gasteiger partial charge in [-0.3, -0.25) is 4.79 Å². The van der Waals surface area contributed by atoms with Gasteiger partial charge in [-0.25, -0.2) is 0 Å². The molecule has 0 aliphatic heterocycles. The third-order valence-corrected chi connectivity index (χ3v) is 3.66. The van der Waals surface area contributed by atoms with Crippen molar-refractivity contribution in [3.63, 3.8) is 0 Å². The number of fused-ring (bicyclic) bond motifs is 2. The second kappa shape index (κ2) is 4.54. The molecule has 0 aromatic heterocycles. The number of hydrogen-bond acceptors (Lipinski definition) is 1. The quantitative estimate of drug-likeness (QED) is 0.718. The molecule has 1 unspecified atom stereocenters. The van der Waals surface area contributed by atoms with Crippen molar-refractivity contribution in [2.45, 2.75) is 0 Å². The third kappa shape index (κ3) is 2.04. The highest BCUT2D eigenvalue weighted by molar-refractivity contribution is 9.11. The molecule has 0 radical (unpaired) electrons. The lowest BCUT2D eigenvalue weighted by Gasteiger charge is -2.16. The first kappa shape index (κ1) is 11.4. The predicted octanol–water partition coefficient (Wildman–Crippen LogP) is 2.22. The molecule has 0 heterocycles. The monoisotopic (exact) mass is 298 g/mol. The Morgan fingerprint density at radius 2 is 1.78 bits per heavy atom. The summed E-state index contributed by atoms with van der Waals surface area (Å²) in [5.41, 5.74) is 1.03. The Bertz CT molecular complexity index is 720. The first-order valence-electron chi connectivity index (χ1n) is 5.82. The highest BCUT2D eigenvalue weighted by Crippen LogP contribution is 2.26. The number of allylic oxidation sites excluding steroid dienone is 6. The van der Waals surface area contributed by atoms with Gasteiger partial charge in [0.25, 0.3) is 0 Å². The van der Waals surface area contributed by atoms with Crippen LogP contribution in [0.3, 0.4) is 0 Å². The largest absolute Gasteiger partial charge is 0.294 e. The topological polar surface area (TPSA) is 17.1 Å². The van der Waals surface area contributed by atoms with Gasteiger partial charge in [-0.15, -0.1) is 0 Å². The summed E-state index contributed by atoms with van der Waals surface area (Å²) in [7, 11) is 0. The Kier molecular flexibility index (Phi) is 2.88. The van der Waals surface area contributed by atoms with Crippen LogP contribution in [0.5, 0.6) is 0 Å². The molecule has 1 aromatic carbocycles. The Morgan fingerprint density at radius 1 is 1.00 bits per heavy atom. The molecule has 0 fully saturated rings. The van der Waals surface area contributed by atoms with Gasteiger partial charge in [0.15, 0.2) is 5.78 Å². The van der Waals surface area contributed by atoms with Crippen molar-refractivity contribution >= 4 is 33.9 Å². The van der Waals surface area contributed by atoms with Gasteiger partial charge in [-0.05, 0) is 28.2 Å². The second-order valence-electron chi connectivity index (χ2n) is 4.37. The summed E-state index contributed by atoms with van der Waals surface area (Å²) in [6.07, 6.45) is 11.7. The number of ketones is 1. The lowest BCUT2D eigenvalue weighted by atomic mass is 9.88. The number of carbonyl (C=O) groups excluding carboxylic acids is 1. The first-order valence-corrected chi connectivity index (χ1v) is 6.61. The van der Waals surface area contributed by atoms with E-state index in [0.717, 1.165) is 20.5 Å². The maximum atomic E-state index is 12.3. The van der Waals surface area contributed by atoms with Crippen LogP contribution in [0.4, 0.5) is 0 Å². The van der Waals surface area contributed by atoms with E-state index in [1.54, 1.807) is 6.08 Å². The van der Waals surface area contributed by atoms with Gasteiger partial charge >= 0.3 is 0 Å². The minimum absolute atomic E-state index is 0.134. The van der Waals surface area contributed by atoms with E-state index in [9.17, 15) is 4.79 Å². The summed E-state index contributed by atoms with van der Waals surface area (Å²) in [4.78, 5) is 12.3. The van der Waals surface area contributed by atoms with E-state index in [1.165, 1.54) is 0 Å². The van der Waals surface area contributed by atoms with Crippen LogP contribution in [0.25, 0.3) is 12.2 Å². The fraction of sp³-hybridized carbons (Fsp3) is 0.0625. The number of carbonyl (C=O) groups is 1. The predicted molar refractivity (Wildman–Crippen MR) is 77.4 cm³/mol. The average Bonchev–Trinajstić information content (AvgIpc) is 2.36. The van der Waals surface area contributed by atoms with Gasteiger partial charge in [0.2, 0.25) is 0 Å². The molecule has 2 aliphatic rings. The summed E-state index contributed by atoms with van der Waals surface area (Å²) >= 11 is 3.45. The molecule has 88 valence electrons. The number of halogens is 1. The molecule has 3 rings (SSSR count). The minimum atomic E-state index is -0.157. The van der Waals surface area contributed by atoms with Gasteiger partial charge in [-0.1, -0.05) is 64.5 Å². The van der Waals surface area contributed by atoms with Crippen molar-refractivity contribution in [1.82, 2.24) is 0 Å². The molecule has 0 spiro atoms. The second-order valence-corrected chi connectivity index (χ2v) is 5.29. The molecule has 1 aromatic rings. The fourth-order valence-electron chi connectivity index (χ4n) is 2.23. The summed E-state index contributed by atoms with van der Waals surface area (Å²) < 4.78 is 1.00. The molecule has 2 heteroatoms. The molecule has 0 bridgehead atoms. The highest BCUT2D eigenvalue weighted by atomic mass is 79.9. The van der Waals surface area contributed by atoms with Gasteiger partial charge in [0.1, 0.15) is 0 Å². The summed E-state index contributed by atoms with van der Waals surface area (Å²) in [6.45, 7) is 0. The molecule has 0 saturated carbocycles. The van der Waals surface area contributed by atoms with Gasteiger partial charge in [-0.2, -0.15) is 0 Å². The van der Waals surface area contributed by atoms with E-state index >= 15 is 0 Å². The first-order chi connectivity index (χ1) is 8.74. The van der Waals surface area contributed by atoms with E-state index in [2.05, 4.69) is 22.0 Å². The number of Topliss-reactive ketones (excluding diaryl/α,β-unsaturated/α-hetero) is 1. The van der Waals surface area contributed by atoms with Crippen LogP contribution >= 0.6 is 15.9 Å². The summed E-state index contributed by atoms with van der Waals surface area (Å²) in [6, 6.07) is 7.93. The van der Waals surface area contributed by atoms with E-state index in [-0.39, 0.29) is 11.7 Å². The fourth-order valence-corrected chi connectivity index (χ4v) is 2.65. The van der Waals surface area contributed by atoms with Crippen LogP contribution in [0, 0.1) is 5.92 Å². The Hall–Kier alpha value is -1.67. The smallest absolute Gasteiger partial charge is 0.167 e. The lowest BCUT2D eigenvalue weighted by molar-refractivity contribution is -0.114. The van der Waals surface area contributed by atoms with Crippen LogP contribution in [0.15, 0.2) is 58.6 Å². The normalized spacial score (nSPS) is 28.1. The Balaban J connectivity index is 2.26. The zero-order valence-electron chi connectivity index (χ0n) is 9.64. The molecule has 0 N–H and O–H groups in total. The number of rotatable bonds is 0. The van der Waals surface area contributed by atoms with Crippen molar-refractivity contribution in [1.29, 1.82) is 0 Å². The van der Waals surface area contributed by atoms with E-state index in [1.807, 2.05) is 48.6 Å². The van der Waals surface area contributed by atoms with E-state index in [4.69, 9.17) is 0 Å². The van der Waals surface area contributed by atoms with Crippen molar-refractivity contribution in [2.24, 2.45) is 5.92 Å². The van der Waals surface area contributed by atoms with Crippen molar-refractivity contribution in [3.05, 3.63) is 69.1 Å². The van der Waals surface area contributed by atoms with Crippen LogP contribution in [0.1, 0.15) is 0 Å². The van der Waals surface area contributed by atoms with Crippen molar-refractivity contribution < 1.29 is 4.79 Å². The maximum Gasteiger partial charge on any atom is 0.167 e. The zero-order chi connectivity index (χ0) is 12.5. The maximum absolute atomic E-state index is 12.3. The van der Waals surface area contributed by atoms with Gasteiger partial charge < -0.3 is 0 Å². The molecule has 1 nitrogen and oxygen atoms in total. The minimum Gasteiger partial charge on any atom is -0.294 e. The molecule has 0 amide bonds. The SMILES string of the molecule is O=C1/C=c2/cccc/c2=C/C=C2/C=C(Br)C=CC12. The molecule has 0 saturated heterocycles. The number of benzene rings is 1. The summed E-state index contributed by atoms with van der Waals surface area (Å²) in [5.74, 6) is -0.0230. The van der Waals surface area contributed by atoms with Crippen LogP contribution in [0.2, 0.25) is 0 Å². The standard InChI is InChI=1S/C16H11BrO/c17-14-7-8-15-13(9-14)6-5-11-3-1-2-4-12(11)10-16(15)18/h1-10,15H/b11-5-,12-10-,13-6-. The van der Waals surface area contributed by atoms with Gasteiger partial charge in [0.05, 0.1) is 5.92 Å². The number of hydrogen-bond donors (Lipinski definition) is 0. The molecular formula is C16H11BrO. The average molecular weight is 299 g/mol. The third-order valence-electron chi connectivity index (χ3n) is 3.17. The Morgan fingerprint density at radius 3 is 2.61 bits per heavy atom. The highest BCUT2D eigenvalue weighted by Gasteiger charge is 2.20. The van der Waals surface area contributed by atoms with Crippen molar-refractivity contribution in [2.75, 3.05) is 0 Å². The Labute approximate surface area is 114 Å². The van der Waals surface area contributed by atoms with E-state index in [0.29, 0.717) is 0 Å². The van der Waals surface area contributed by atoms with Gasteiger partial charge in [0, 0.05) is 4.48 Å². The van der Waals surface area contributed by atoms with Crippen LogP contribution in [-0.4, -0.2) is 5.78 Å². The van der Waals surface area contributed by atoms with Crippen LogP contribution < -0.4 is 10.4 Å². The molecule has 1 atom stereocenters. The van der Waals surface area contributed by atoms with Crippen LogP contribution in [-0.2, 0) is 4.79 Å². The summed E-state index contributed by atoms with van der Waals surface area (Å²) in [5, 5.41) is 2.07.